The van der Waals surface area contributed by atoms with Crippen LogP contribution in [0.2, 0.25) is 0 Å². The minimum absolute atomic E-state index is 0.0718. The monoisotopic (exact) mass is 431 g/mol. The molecule has 1 heterocycles. The number of hydrogen-bond donors (Lipinski definition) is 2. The number of nitrogens with zero attached hydrogens (tertiary/aromatic N) is 1. The Bertz CT molecular complexity index is 1050. The molecule has 0 bridgehead atoms. The third-order valence-electron chi connectivity index (χ3n) is 4.71. The summed E-state index contributed by atoms with van der Waals surface area (Å²) >= 11 is 0. The van der Waals surface area contributed by atoms with Crippen molar-refractivity contribution < 1.29 is 22.7 Å². The van der Waals surface area contributed by atoms with Crippen molar-refractivity contribution in [1.82, 2.24) is 5.32 Å². The van der Waals surface area contributed by atoms with Crippen molar-refractivity contribution in [2.45, 2.75) is 26.3 Å². The van der Waals surface area contributed by atoms with Crippen LogP contribution in [-0.4, -0.2) is 45.7 Å². The highest BCUT2D eigenvalue weighted by molar-refractivity contribution is 7.92. The summed E-state index contributed by atoms with van der Waals surface area (Å²) < 4.78 is 30.8. The van der Waals surface area contributed by atoms with Gasteiger partial charge in [-0.25, -0.2) is 8.42 Å². The number of likely N-dealkylation sites (N-methyl/N-ethyl adjacent to an activating group) is 1. The summed E-state index contributed by atoms with van der Waals surface area (Å²) in [6.45, 7) is 4.15. The largest absolute Gasteiger partial charge is 0.484 e. The van der Waals surface area contributed by atoms with Crippen molar-refractivity contribution in [1.29, 1.82) is 0 Å². The fourth-order valence-corrected chi connectivity index (χ4v) is 4.75. The SMILES string of the molecule is CCNC(=O)COc1ccc(NC(=O)c2ccc3c(c2)C[C@@H](C)N3S(C)(=O)=O)cc1. The second kappa shape index (κ2) is 8.74. The summed E-state index contributed by atoms with van der Waals surface area (Å²) in [6.07, 6.45) is 1.74. The second-order valence-corrected chi connectivity index (χ2v) is 9.04. The van der Waals surface area contributed by atoms with Crippen molar-refractivity contribution in [2.75, 3.05) is 29.0 Å². The smallest absolute Gasteiger partial charge is 0.257 e. The van der Waals surface area contributed by atoms with Crippen molar-refractivity contribution in [2.24, 2.45) is 0 Å². The van der Waals surface area contributed by atoms with Gasteiger partial charge in [0.25, 0.3) is 11.8 Å². The first kappa shape index (κ1) is 21.6. The van der Waals surface area contributed by atoms with E-state index in [0.29, 0.717) is 35.7 Å². The van der Waals surface area contributed by atoms with Crippen LogP contribution in [0.15, 0.2) is 42.5 Å². The van der Waals surface area contributed by atoms with Gasteiger partial charge in [0, 0.05) is 23.8 Å². The molecule has 0 aromatic heterocycles. The van der Waals surface area contributed by atoms with Crippen LogP contribution in [-0.2, 0) is 21.2 Å². The lowest BCUT2D eigenvalue weighted by molar-refractivity contribution is -0.122. The van der Waals surface area contributed by atoms with E-state index in [-0.39, 0.29) is 24.5 Å². The summed E-state index contributed by atoms with van der Waals surface area (Å²) in [6, 6.07) is 11.6. The average molecular weight is 432 g/mol. The third kappa shape index (κ3) is 4.91. The van der Waals surface area contributed by atoms with E-state index in [1.807, 2.05) is 13.8 Å². The van der Waals surface area contributed by atoms with E-state index in [9.17, 15) is 18.0 Å². The molecule has 1 atom stereocenters. The maximum Gasteiger partial charge on any atom is 0.257 e. The van der Waals surface area contributed by atoms with E-state index in [2.05, 4.69) is 10.6 Å². The van der Waals surface area contributed by atoms with Crippen molar-refractivity contribution in [3.8, 4) is 5.75 Å². The van der Waals surface area contributed by atoms with Gasteiger partial charge in [0.2, 0.25) is 10.0 Å². The number of nitrogens with one attached hydrogen (secondary N) is 2. The fraction of sp³-hybridized carbons (Fsp3) is 0.333. The van der Waals surface area contributed by atoms with Crippen LogP contribution in [0.3, 0.4) is 0 Å². The standard InChI is InChI=1S/C21H25N3O5S/c1-4-22-20(25)13-29-18-8-6-17(7-9-18)23-21(26)15-5-10-19-16(12-15)11-14(2)24(19)30(3,27)28/h5-10,12,14H,4,11,13H2,1-3H3,(H,22,25)(H,23,26)/t14-/m1/s1. The number of carbonyl (C=O) groups excluding carboxylic acids is 2. The molecule has 2 amide bonds. The van der Waals surface area contributed by atoms with Gasteiger partial charge in [-0.1, -0.05) is 0 Å². The van der Waals surface area contributed by atoms with Gasteiger partial charge in [0.05, 0.1) is 11.9 Å². The zero-order valence-electron chi connectivity index (χ0n) is 17.1. The topological polar surface area (TPSA) is 105 Å². The Hall–Kier alpha value is -3.07. The van der Waals surface area contributed by atoms with Gasteiger partial charge in [-0.3, -0.25) is 13.9 Å². The van der Waals surface area contributed by atoms with E-state index in [0.717, 1.165) is 5.56 Å². The van der Waals surface area contributed by atoms with E-state index in [1.165, 1.54) is 10.6 Å². The number of amides is 2. The molecule has 2 aromatic rings. The zero-order chi connectivity index (χ0) is 21.9. The molecular formula is C21H25N3O5S. The predicted molar refractivity (Wildman–Crippen MR) is 116 cm³/mol. The Balaban J connectivity index is 1.66. The molecule has 0 aliphatic carbocycles. The van der Waals surface area contributed by atoms with Crippen LogP contribution in [0.5, 0.6) is 5.75 Å². The maximum absolute atomic E-state index is 12.6. The summed E-state index contributed by atoms with van der Waals surface area (Å²) in [7, 11) is -3.37. The summed E-state index contributed by atoms with van der Waals surface area (Å²) in [5, 5.41) is 5.45. The van der Waals surface area contributed by atoms with Gasteiger partial charge >= 0.3 is 0 Å². The van der Waals surface area contributed by atoms with Crippen molar-refractivity contribution in [3.05, 3.63) is 53.6 Å². The van der Waals surface area contributed by atoms with E-state index in [1.54, 1.807) is 42.5 Å². The van der Waals surface area contributed by atoms with Gasteiger partial charge < -0.3 is 15.4 Å². The molecule has 160 valence electrons. The van der Waals surface area contributed by atoms with Gasteiger partial charge in [-0.2, -0.15) is 0 Å². The predicted octanol–water partition coefficient (Wildman–Crippen LogP) is 2.16. The maximum atomic E-state index is 12.6. The normalized spacial score (nSPS) is 15.4. The number of carbonyl (C=O) groups is 2. The Morgan fingerprint density at radius 1 is 1.17 bits per heavy atom. The molecule has 3 rings (SSSR count). The zero-order valence-corrected chi connectivity index (χ0v) is 18.0. The molecule has 0 saturated carbocycles. The Morgan fingerprint density at radius 3 is 2.50 bits per heavy atom. The minimum atomic E-state index is -3.37. The number of benzene rings is 2. The van der Waals surface area contributed by atoms with Crippen LogP contribution in [0.1, 0.15) is 29.8 Å². The van der Waals surface area contributed by atoms with Gasteiger partial charge in [0.15, 0.2) is 6.61 Å². The quantitative estimate of drug-likeness (QED) is 0.699. The van der Waals surface area contributed by atoms with Crippen LogP contribution < -0.4 is 19.7 Å². The number of fused-ring (bicyclic) bond motifs is 1. The third-order valence-corrected chi connectivity index (χ3v) is 5.98. The molecular weight excluding hydrogens is 406 g/mol. The summed E-state index contributed by atoms with van der Waals surface area (Å²) in [4.78, 5) is 24.1. The Kier molecular flexibility index (Phi) is 6.31. The number of hydrogen-bond acceptors (Lipinski definition) is 5. The van der Waals surface area contributed by atoms with E-state index >= 15 is 0 Å². The lowest BCUT2D eigenvalue weighted by Crippen LogP contribution is -2.34. The van der Waals surface area contributed by atoms with Crippen LogP contribution >= 0.6 is 0 Å². The minimum Gasteiger partial charge on any atom is -0.484 e. The van der Waals surface area contributed by atoms with Gasteiger partial charge in [0.1, 0.15) is 5.75 Å². The fourth-order valence-electron chi connectivity index (χ4n) is 3.48. The highest BCUT2D eigenvalue weighted by Gasteiger charge is 2.32. The molecule has 0 unspecified atom stereocenters. The van der Waals surface area contributed by atoms with Crippen LogP contribution in [0, 0.1) is 0 Å². The lowest BCUT2D eigenvalue weighted by atomic mass is 10.1. The van der Waals surface area contributed by atoms with Gasteiger partial charge in [-0.05, 0) is 68.3 Å². The van der Waals surface area contributed by atoms with Crippen molar-refractivity contribution in [3.63, 3.8) is 0 Å². The van der Waals surface area contributed by atoms with Crippen molar-refractivity contribution >= 4 is 33.2 Å². The highest BCUT2D eigenvalue weighted by Crippen LogP contribution is 2.34. The van der Waals surface area contributed by atoms with E-state index in [4.69, 9.17) is 4.74 Å². The van der Waals surface area contributed by atoms with E-state index < -0.39 is 10.0 Å². The molecule has 2 aromatic carbocycles. The highest BCUT2D eigenvalue weighted by atomic mass is 32.2. The first-order chi connectivity index (χ1) is 14.2. The van der Waals surface area contributed by atoms with Gasteiger partial charge in [-0.15, -0.1) is 0 Å². The number of ether oxygens (including phenoxy) is 1. The molecule has 0 spiro atoms. The number of anilines is 2. The molecule has 0 fully saturated rings. The Morgan fingerprint density at radius 2 is 1.87 bits per heavy atom. The molecule has 2 N–H and O–H groups in total. The van der Waals surface area contributed by atoms with Crippen LogP contribution in [0.4, 0.5) is 11.4 Å². The molecule has 0 radical (unpaired) electrons. The average Bonchev–Trinajstić information content (AvgIpc) is 3.02. The summed E-state index contributed by atoms with van der Waals surface area (Å²) in [5.74, 6) is 0.0288. The molecule has 1 aliphatic heterocycles. The molecule has 8 nitrogen and oxygen atoms in total. The molecule has 9 heteroatoms. The first-order valence-electron chi connectivity index (χ1n) is 9.62. The first-order valence-corrected chi connectivity index (χ1v) is 11.5. The molecule has 0 saturated heterocycles. The number of sulfonamides is 1. The second-order valence-electron chi connectivity index (χ2n) is 7.18. The molecule has 30 heavy (non-hydrogen) atoms. The lowest BCUT2D eigenvalue weighted by Gasteiger charge is -2.21. The Labute approximate surface area is 176 Å². The van der Waals surface area contributed by atoms with Crippen LogP contribution in [0.25, 0.3) is 0 Å². The molecule has 1 aliphatic rings. The summed E-state index contributed by atoms with van der Waals surface area (Å²) in [5.41, 5.74) is 2.48. The number of rotatable bonds is 7.